The average molecular weight is 313 g/mol. The van der Waals surface area contributed by atoms with Crippen LogP contribution in [0.15, 0.2) is 28.7 Å². The van der Waals surface area contributed by atoms with Gasteiger partial charge >= 0.3 is 0 Å². The van der Waals surface area contributed by atoms with Crippen LogP contribution in [0.1, 0.15) is 18.0 Å². The van der Waals surface area contributed by atoms with Gasteiger partial charge in [0.1, 0.15) is 0 Å². The molecule has 100 valence electrons. The molecule has 0 aromatic heterocycles. The van der Waals surface area contributed by atoms with Crippen LogP contribution in [-0.2, 0) is 4.74 Å². The van der Waals surface area contributed by atoms with E-state index in [1.807, 2.05) is 7.05 Å². The van der Waals surface area contributed by atoms with Crippen molar-refractivity contribution in [3.63, 3.8) is 0 Å². The molecule has 1 atom stereocenters. The summed E-state index contributed by atoms with van der Waals surface area (Å²) < 4.78 is 6.50. The van der Waals surface area contributed by atoms with Crippen molar-refractivity contribution in [1.82, 2.24) is 10.2 Å². The molecule has 3 nitrogen and oxygen atoms in total. The Morgan fingerprint density at radius 3 is 2.56 bits per heavy atom. The van der Waals surface area contributed by atoms with Crippen LogP contribution in [-0.4, -0.2) is 44.8 Å². The molecule has 0 aliphatic carbocycles. The zero-order chi connectivity index (χ0) is 12.8. The van der Waals surface area contributed by atoms with Crippen molar-refractivity contribution in [3.05, 3.63) is 34.3 Å². The smallest absolute Gasteiger partial charge is 0.0594 e. The normalized spacial score (nSPS) is 18.8. The minimum atomic E-state index is 0.431. The molecule has 0 bridgehead atoms. The quantitative estimate of drug-likeness (QED) is 0.903. The standard InChI is InChI=1S/C14H21BrN2O/c1-16-14(12-2-4-13(15)5-3-12)6-7-17-8-10-18-11-9-17/h2-5,14,16H,6-11H2,1H3. The van der Waals surface area contributed by atoms with E-state index in [1.165, 1.54) is 5.56 Å². The highest BCUT2D eigenvalue weighted by molar-refractivity contribution is 9.10. The van der Waals surface area contributed by atoms with Crippen molar-refractivity contribution < 1.29 is 4.74 Å². The van der Waals surface area contributed by atoms with Crippen LogP contribution in [0.2, 0.25) is 0 Å². The molecular weight excluding hydrogens is 292 g/mol. The summed E-state index contributed by atoms with van der Waals surface area (Å²) >= 11 is 3.48. The number of nitrogens with one attached hydrogen (secondary N) is 1. The molecule has 0 radical (unpaired) electrons. The zero-order valence-electron chi connectivity index (χ0n) is 10.9. The minimum absolute atomic E-state index is 0.431. The molecule has 0 saturated carbocycles. The molecule has 1 aromatic rings. The van der Waals surface area contributed by atoms with Crippen LogP contribution in [0.4, 0.5) is 0 Å². The monoisotopic (exact) mass is 312 g/mol. The first kappa shape index (κ1) is 14.0. The summed E-state index contributed by atoms with van der Waals surface area (Å²) in [5.41, 5.74) is 1.36. The van der Waals surface area contributed by atoms with E-state index in [0.29, 0.717) is 6.04 Å². The number of morpholine rings is 1. The maximum atomic E-state index is 5.37. The first-order valence-electron chi connectivity index (χ1n) is 6.52. The number of nitrogens with zero attached hydrogens (tertiary/aromatic N) is 1. The summed E-state index contributed by atoms with van der Waals surface area (Å²) in [6.07, 6.45) is 1.14. The Bertz CT molecular complexity index is 349. The molecule has 1 aliphatic heterocycles. The van der Waals surface area contributed by atoms with Crippen molar-refractivity contribution in [2.24, 2.45) is 0 Å². The van der Waals surface area contributed by atoms with Gasteiger partial charge in [-0.15, -0.1) is 0 Å². The van der Waals surface area contributed by atoms with E-state index < -0.39 is 0 Å². The molecule has 0 spiro atoms. The van der Waals surface area contributed by atoms with Crippen LogP contribution in [0.3, 0.4) is 0 Å². The fraction of sp³-hybridized carbons (Fsp3) is 0.571. The van der Waals surface area contributed by atoms with Gasteiger partial charge < -0.3 is 10.1 Å². The second-order valence-corrected chi connectivity index (χ2v) is 5.55. The molecule has 1 heterocycles. The summed E-state index contributed by atoms with van der Waals surface area (Å²) in [6.45, 7) is 5.02. The fourth-order valence-corrected chi connectivity index (χ4v) is 2.57. The van der Waals surface area contributed by atoms with Crippen LogP contribution in [0, 0.1) is 0 Å². The lowest BCUT2D eigenvalue weighted by Crippen LogP contribution is -2.38. The number of ether oxygens (including phenoxy) is 1. The molecule has 1 aliphatic rings. The lowest BCUT2D eigenvalue weighted by atomic mass is 10.0. The number of hydrogen-bond donors (Lipinski definition) is 1. The van der Waals surface area contributed by atoms with E-state index in [9.17, 15) is 0 Å². The predicted octanol–water partition coefficient (Wildman–Crippen LogP) is 2.43. The van der Waals surface area contributed by atoms with Crippen LogP contribution in [0.5, 0.6) is 0 Å². The van der Waals surface area contributed by atoms with Crippen molar-refractivity contribution in [2.75, 3.05) is 39.9 Å². The lowest BCUT2D eigenvalue weighted by Gasteiger charge is -2.28. The van der Waals surface area contributed by atoms with Gasteiger partial charge in [-0.2, -0.15) is 0 Å². The lowest BCUT2D eigenvalue weighted by molar-refractivity contribution is 0.0362. The molecule has 1 saturated heterocycles. The molecule has 1 N–H and O–H groups in total. The highest BCUT2D eigenvalue weighted by atomic mass is 79.9. The zero-order valence-corrected chi connectivity index (χ0v) is 12.4. The first-order valence-corrected chi connectivity index (χ1v) is 7.31. The maximum Gasteiger partial charge on any atom is 0.0594 e. The van der Waals surface area contributed by atoms with E-state index in [4.69, 9.17) is 4.74 Å². The van der Waals surface area contributed by atoms with Crippen LogP contribution >= 0.6 is 15.9 Å². The Morgan fingerprint density at radius 1 is 1.28 bits per heavy atom. The Morgan fingerprint density at radius 2 is 1.94 bits per heavy atom. The Kier molecular flexibility index (Phi) is 5.63. The Balaban J connectivity index is 1.86. The Labute approximate surface area is 118 Å². The summed E-state index contributed by atoms with van der Waals surface area (Å²) in [6, 6.07) is 9.01. The fourth-order valence-electron chi connectivity index (χ4n) is 2.31. The molecule has 18 heavy (non-hydrogen) atoms. The average Bonchev–Trinajstić information content (AvgIpc) is 2.42. The second-order valence-electron chi connectivity index (χ2n) is 4.64. The molecular formula is C14H21BrN2O. The number of benzene rings is 1. The second kappa shape index (κ2) is 7.24. The maximum absolute atomic E-state index is 5.37. The van der Waals surface area contributed by atoms with Crippen molar-refractivity contribution in [3.8, 4) is 0 Å². The third kappa shape index (κ3) is 4.05. The van der Waals surface area contributed by atoms with E-state index in [0.717, 1.165) is 43.7 Å². The summed E-state index contributed by atoms with van der Waals surface area (Å²) in [4.78, 5) is 2.48. The SMILES string of the molecule is CNC(CCN1CCOCC1)c1ccc(Br)cc1. The molecule has 2 rings (SSSR count). The molecule has 0 amide bonds. The van der Waals surface area contributed by atoms with Crippen molar-refractivity contribution >= 4 is 15.9 Å². The van der Waals surface area contributed by atoms with Gasteiger partial charge in [0.05, 0.1) is 13.2 Å². The van der Waals surface area contributed by atoms with E-state index in [1.54, 1.807) is 0 Å². The third-order valence-corrected chi connectivity index (χ3v) is 3.99. The first-order chi connectivity index (χ1) is 8.79. The largest absolute Gasteiger partial charge is 0.379 e. The Hall–Kier alpha value is -0.420. The third-order valence-electron chi connectivity index (χ3n) is 3.46. The van der Waals surface area contributed by atoms with Gasteiger partial charge in [0, 0.05) is 30.1 Å². The van der Waals surface area contributed by atoms with Crippen LogP contribution < -0.4 is 5.32 Å². The van der Waals surface area contributed by atoms with E-state index in [-0.39, 0.29) is 0 Å². The highest BCUT2D eigenvalue weighted by Gasteiger charge is 2.14. The minimum Gasteiger partial charge on any atom is -0.379 e. The number of rotatable bonds is 5. The number of halogens is 1. The van der Waals surface area contributed by atoms with E-state index >= 15 is 0 Å². The molecule has 1 aromatic carbocycles. The van der Waals surface area contributed by atoms with Gasteiger partial charge in [0.25, 0.3) is 0 Å². The predicted molar refractivity (Wildman–Crippen MR) is 77.8 cm³/mol. The number of hydrogen-bond acceptors (Lipinski definition) is 3. The molecule has 4 heteroatoms. The molecule has 1 fully saturated rings. The summed E-state index contributed by atoms with van der Waals surface area (Å²) in [5, 5.41) is 3.40. The van der Waals surface area contributed by atoms with Crippen molar-refractivity contribution in [1.29, 1.82) is 0 Å². The van der Waals surface area contributed by atoms with Gasteiger partial charge in [0.15, 0.2) is 0 Å². The van der Waals surface area contributed by atoms with Gasteiger partial charge in [-0.3, -0.25) is 4.90 Å². The molecule has 1 unspecified atom stereocenters. The topological polar surface area (TPSA) is 24.5 Å². The van der Waals surface area contributed by atoms with Crippen molar-refractivity contribution in [2.45, 2.75) is 12.5 Å². The van der Waals surface area contributed by atoms with Gasteiger partial charge in [-0.25, -0.2) is 0 Å². The van der Waals surface area contributed by atoms with Gasteiger partial charge in [-0.05, 0) is 31.2 Å². The van der Waals surface area contributed by atoms with Crippen LogP contribution in [0.25, 0.3) is 0 Å². The van der Waals surface area contributed by atoms with Gasteiger partial charge in [-0.1, -0.05) is 28.1 Å². The highest BCUT2D eigenvalue weighted by Crippen LogP contribution is 2.19. The van der Waals surface area contributed by atoms with Gasteiger partial charge in [0.2, 0.25) is 0 Å². The van der Waals surface area contributed by atoms with E-state index in [2.05, 4.69) is 50.4 Å². The summed E-state index contributed by atoms with van der Waals surface area (Å²) in [7, 11) is 2.03. The summed E-state index contributed by atoms with van der Waals surface area (Å²) in [5.74, 6) is 0.